The fourth-order valence-electron chi connectivity index (χ4n) is 2.41. The number of aromatic nitrogens is 3. The van der Waals surface area contributed by atoms with Crippen molar-refractivity contribution in [2.45, 2.75) is 33.2 Å². The fourth-order valence-corrected chi connectivity index (χ4v) is 2.54. The number of aliphatic imine (C=N–C) groups is 1. The zero-order valence-electron chi connectivity index (χ0n) is 16.3. The number of hydrogen-bond donors (Lipinski definition) is 2. The SMILES string of the molecule is CCOCCCNC(=NCc1nnc(C)n1C)NCCc1ccc(Cl)cc1. The van der Waals surface area contributed by atoms with Crippen LogP contribution in [0.25, 0.3) is 0 Å². The van der Waals surface area contributed by atoms with Crippen molar-refractivity contribution in [2.75, 3.05) is 26.3 Å². The Balaban J connectivity index is 1.88. The molecule has 8 heteroatoms. The van der Waals surface area contributed by atoms with Crippen molar-refractivity contribution in [2.24, 2.45) is 12.0 Å². The zero-order chi connectivity index (χ0) is 19.5. The molecular formula is C19H29ClN6O. The fraction of sp³-hybridized carbons (Fsp3) is 0.526. The molecule has 1 aromatic heterocycles. The summed E-state index contributed by atoms with van der Waals surface area (Å²) in [5.41, 5.74) is 1.23. The van der Waals surface area contributed by atoms with Gasteiger partial charge in [0.05, 0.1) is 0 Å². The molecule has 148 valence electrons. The highest BCUT2D eigenvalue weighted by Crippen LogP contribution is 2.09. The number of hydrogen-bond acceptors (Lipinski definition) is 4. The predicted molar refractivity (Wildman–Crippen MR) is 109 cm³/mol. The molecule has 1 aromatic carbocycles. The van der Waals surface area contributed by atoms with Gasteiger partial charge in [0.15, 0.2) is 11.8 Å². The van der Waals surface area contributed by atoms with Gasteiger partial charge in [0.2, 0.25) is 0 Å². The molecule has 0 unspecified atom stereocenters. The minimum atomic E-state index is 0.471. The number of ether oxygens (including phenoxy) is 1. The monoisotopic (exact) mass is 392 g/mol. The second-order valence-electron chi connectivity index (χ2n) is 6.17. The van der Waals surface area contributed by atoms with Gasteiger partial charge in [-0.25, -0.2) is 4.99 Å². The highest BCUT2D eigenvalue weighted by molar-refractivity contribution is 6.30. The van der Waals surface area contributed by atoms with Crippen LogP contribution < -0.4 is 10.6 Å². The van der Waals surface area contributed by atoms with Gasteiger partial charge in [-0.2, -0.15) is 0 Å². The molecule has 0 atom stereocenters. The van der Waals surface area contributed by atoms with E-state index in [2.05, 4.69) is 25.8 Å². The van der Waals surface area contributed by atoms with Crippen LogP contribution in [0, 0.1) is 6.92 Å². The lowest BCUT2D eigenvalue weighted by atomic mass is 10.1. The quantitative estimate of drug-likeness (QED) is 0.369. The van der Waals surface area contributed by atoms with Crippen molar-refractivity contribution in [3.05, 3.63) is 46.5 Å². The molecular weight excluding hydrogens is 364 g/mol. The molecule has 0 saturated carbocycles. The molecule has 0 aliphatic carbocycles. The van der Waals surface area contributed by atoms with Crippen LogP contribution in [0.5, 0.6) is 0 Å². The minimum absolute atomic E-state index is 0.471. The number of rotatable bonds is 10. The van der Waals surface area contributed by atoms with Crippen LogP contribution in [0.4, 0.5) is 0 Å². The normalized spacial score (nSPS) is 11.6. The first-order chi connectivity index (χ1) is 13.1. The molecule has 0 spiro atoms. The van der Waals surface area contributed by atoms with E-state index in [1.165, 1.54) is 5.56 Å². The van der Waals surface area contributed by atoms with Gasteiger partial charge < -0.3 is 19.9 Å². The van der Waals surface area contributed by atoms with E-state index in [9.17, 15) is 0 Å². The number of guanidine groups is 1. The van der Waals surface area contributed by atoms with Crippen molar-refractivity contribution in [1.82, 2.24) is 25.4 Å². The van der Waals surface area contributed by atoms with Gasteiger partial charge in [-0.3, -0.25) is 0 Å². The van der Waals surface area contributed by atoms with Crippen molar-refractivity contribution in [1.29, 1.82) is 0 Å². The van der Waals surface area contributed by atoms with Crippen LogP contribution in [0.2, 0.25) is 5.02 Å². The van der Waals surface area contributed by atoms with Gasteiger partial charge in [0.25, 0.3) is 0 Å². The second kappa shape index (κ2) is 11.6. The van der Waals surface area contributed by atoms with E-state index in [4.69, 9.17) is 16.3 Å². The Kier molecular flexibility index (Phi) is 9.07. The first-order valence-corrected chi connectivity index (χ1v) is 9.67. The molecule has 0 amide bonds. The largest absolute Gasteiger partial charge is 0.382 e. The third-order valence-corrected chi connectivity index (χ3v) is 4.39. The average Bonchev–Trinajstić information content (AvgIpc) is 2.99. The summed E-state index contributed by atoms with van der Waals surface area (Å²) in [6.45, 7) is 7.45. The van der Waals surface area contributed by atoms with Gasteiger partial charge >= 0.3 is 0 Å². The van der Waals surface area contributed by atoms with Crippen LogP contribution in [-0.4, -0.2) is 47.0 Å². The Morgan fingerprint density at radius 3 is 2.59 bits per heavy atom. The lowest BCUT2D eigenvalue weighted by Crippen LogP contribution is -2.39. The topological polar surface area (TPSA) is 76.4 Å². The summed E-state index contributed by atoms with van der Waals surface area (Å²) in [6, 6.07) is 7.90. The molecule has 0 aliphatic rings. The highest BCUT2D eigenvalue weighted by Gasteiger charge is 2.05. The van der Waals surface area contributed by atoms with Crippen molar-refractivity contribution >= 4 is 17.6 Å². The molecule has 1 heterocycles. The van der Waals surface area contributed by atoms with E-state index in [1.807, 2.05) is 49.7 Å². The van der Waals surface area contributed by atoms with Gasteiger partial charge in [0, 0.05) is 38.4 Å². The van der Waals surface area contributed by atoms with Crippen molar-refractivity contribution < 1.29 is 4.74 Å². The van der Waals surface area contributed by atoms with E-state index in [0.717, 1.165) is 61.8 Å². The number of halogens is 1. The van der Waals surface area contributed by atoms with Crippen molar-refractivity contribution in [3.8, 4) is 0 Å². The summed E-state index contributed by atoms with van der Waals surface area (Å²) < 4.78 is 7.33. The van der Waals surface area contributed by atoms with E-state index in [-0.39, 0.29) is 0 Å². The summed E-state index contributed by atoms with van der Waals surface area (Å²) in [4.78, 5) is 4.64. The Hall–Kier alpha value is -2.12. The molecule has 0 aliphatic heterocycles. The molecule has 0 radical (unpaired) electrons. The average molecular weight is 393 g/mol. The molecule has 27 heavy (non-hydrogen) atoms. The maximum Gasteiger partial charge on any atom is 0.191 e. The van der Waals surface area contributed by atoms with Crippen LogP contribution >= 0.6 is 11.6 Å². The van der Waals surface area contributed by atoms with E-state index in [1.54, 1.807) is 0 Å². The maximum atomic E-state index is 5.94. The van der Waals surface area contributed by atoms with E-state index < -0.39 is 0 Å². The molecule has 0 fully saturated rings. The maximum absolute atomic E-state index is 5.94. The third-order valence-electron chi connectivity index (χ3n) is 4.14. The summed E-state index contributed by atoms with van der Waals surface area (Å²) >= 11 is 5.94. The molecule has 0 bridgehead atoms. The summed E-state index contributed by atoms with van der Waals surface area (Å²) in [7, 11) is 1.95. The van der Waals surface area contributed by atoms with Crippen LogP contribution in [-0.2, 0) is 24.8 Å². The summed E-state index contributed by atoms with van der Waals surface area (Å²) in [5.74, 6) is 2.48. The number of benzene rings is 1. The van der Waals surface area contributed by atoms with Crippen LogP contribution in [0.3, 0.4) is 0 Å². The van der Waals surface area contributed by atoms with Gasteiger partial charge in [-0.1, -0.05) is 23.7 Å². The van der Waals surface area contributed by atoms with E-state index >= 15 is 0 Å². The Labute approximate surface area is 166 Å². The predicted octanol–water partition coefficient (Wildman–Crippen LogP) is 2.48. The number of nitrogens with one attached hydrogen (secondary N) is 2. The number of aryl methyl sites for hydroxylation is 1. The first-order valence-electron chi connectivity index (χ1n) is 9.29. The third kappa shape index (κ3) is 7.56. The molecule has 0 saturated heterocycles. The van der Waals surface area contributed by atoms with Gasteiger partial charge in [-0.15, -0.1) is 10.2 Å². The summed E-state index contributed by atoms with van der Waals surface area (Å²) in [6.07, 6.45) is 1.81. The molecule has 7 nitrogen and oxygen atoms in total. The number of nitrogens with zero attached hydrogens (tertiary/aromatic N) is 4. The molecule has 2 N–H and O–H groups in total. The van der Waals surface area contributed by atoms with E-state index in [0.29, 0.717) is 6.54 Å². The second-order valence-corrected chi connectivity index (χ2v) is 6.60. The van der Waals surface area contributed by atoms with Crippen LogP contribution in [0.15, 0.2) is 29.3 Å². The Morgan fingerprint density at radius 2 is 1.93 bits per heavy atom. The van der Waals surface area contributed by atoms with Gasteiger partial charge in [-0.05, 0) is 44.4 Å². The lowest BCUT2D eigenvalue weighted by Gasteiger charge is -2.13. The highest BCUT2D eigenvalue weighted by atomic mass is 35.5. The zero-order valence-corrected chi connectivity index (χ0v) is 17.1. The smallest absolute Gasteiger partial charge is 0.191 e. The van der Waals surface area contributed by atoms with Crippen molar-refractivity contribution in [3.63, 3.8) is 0 Å². The first kappa shape index (κ1) is 21.2. The van der Waals surface area contributed by atoms with Gasteiger partial charge in [0.1, 0.15) is 12.4 Å². The Bertz CT molecular complexity index is 713. The van der Waals surface area contributed by atoms with Crippen LogP contribution in [0.1, 0.15) is 30.6 Å². The minimum Gasteiger partial charge on any atom is -0.382 e. The summed E-state index contributed by atoms with van der Waals surface area (Å²) in [5, 5.41) is 15.7. The molecule has 2 rings (SSSR count). The molecule has 2 aromatic rings. The lowest BCUT2D eigenvalue weighted by molar-refractivity contribution is 0.145. The standard InChI is InChI=1S/C19H29ClN6O/c1-4-27-13-5-11-21-19(23-14-18-25-24-15(2)26(18)3)22-12-10-16-6-8-17(20)9-7-16/h6-9H,4-5,10-14H2,1-3H3,(H2,21,22,23). The Morgan fingerprint density at radius 1 is 1.19 bits per heavy atom.